The largest absolute Gasteiger partial charge is 0.527 e. The maximum absolute atomic E-state index is 13.6. The molecule has 17 heteroatoms. The van der Waals surface area contributed by atoms with Crippen LogP contribution in [-0.2, 0) is 24.7 Å². The van der Waals surface area contributed by atoms with Crippen molar-refractivity contribution in [3.05, 3.63) is 77.3 Å². The van der Waals surface area contributed by atoms with Crippen molar-refractivity contribution >= 4 is 56.5 Å². The number of aromatic nitrogens is 4. The number of aliphatic hydroxyl groups is 1. The van der Waals surface area contributed by atoms with E-state index in [0.717, 1.165) is 0 Å². The average molecular weight is 745 g/mol. The van der Waals surface area contributed by atoms with E-state index in [9.17, 15) is 24.2 Å². The Morgan fingerprint density at radius 2 is 1.82 bits per heavy atom. The van der Waals surface area contributed by atoms with E-state index in [1.165, 1.54) is 25.5 Å². The third-order valence-electron chi connectivity index (χ3n) is 9.28. The molecule has 2 heterocycles. The molecule has 1 aliphatic rings. The number of rotatable bonds is 12. The Labute approximate surface area is 296 Å². The third kappa shape index (κ3) is 8.26. The molecule has 50 heavy (non-hydrogen) atoms. The van der Waals surface area contributed by atoms with Crippen molar-refractivity contribution in [2.75, 3.05) is 19.0 Å². The van der Waals surface area contributed by atoms with Gasteiger partial charge in [0.15, 0.2) is 25.3 Å². The van der Waals surface area contributed by atoms with Gasteiger partial charge >= 0.3 is 7.82 Å². The van der Waals surface area contributed by atoms with Crippen LogP contribution < -0.4 is 15.2 Å². The van der Waals surface area contributed by atoms with Gasteiger partial charge in [0, 0.05) is 25.1 Å². The second-order valence-corrected chi connectivity index (χ2v) is 20.2. The van der Waals surface area contributed by atoms with Gasteiger partial charge in [-0.2, -0.15) is 0 Å². The van der Waals surface area contributed by atoms with Gasteiger partial charge in [-0.3, -0.25) is 19.0 Å². The number of likely N-dealkylation sites (N-methyl/N-ethyl adjacent to an activating group) is 1. The number of carbonyl (C=O) groups is 2. The zero-order chi connectivity index (χ0) is 36.4. The maximum Gasteiger partial charge on any atom is 0.527 e. The van der Waals surface area contributed by atoms with Gasteiger partial charge in [-0.05, 0) is 54.4 Å². The second kappa shape index (κ2) is 14.9. The summed E-state index contributed by atoms with van der Waals surface area (Å²) in [6.07, 6.45) is 1.26. The van der Waals surface area contributed by atoms with E-state index >= 15 is 0 Å². The first kappa shape index (κ1) is 37.6. The molecule has 0 spiro atoms. The Hall–Kier alpha value is -3.69. The third-order valence-corrected chi connectivity index (χ3v) is 15.0. The minimum atomic E-state index is -4.87. The Kier molecular flexibility index (Phi) is 11.2. The monoisotopic (exact) mass is 744 g/mol. The summed E-state index contributed by atoms with van der Waals surface area (Å²) in [7, 11) is -5.94. The van der Waals surface area contributed by atoms with Crippen LogP contribution in [0.2, 0.25) is 23.2 Å². The molecule has 1 fully saturated rings. The first-order valence-electron chi connectivity index (χ1n) is 16.1. The van der Waals surface area contributed by atoms with Gasteiger partial charge < -0.3 is 29.3 Å². The summed E-state index contributed by atoms with van der Waals surface area (Å²) in [4.78, 5) is 49.1. The number of hydrogen-bond donors (Lipinski definition) is 4. The normalized spacial score (nSPS) is 20.7. The van der Waals surface area contributed by atoms with Crippen molar-refractivity contribution in [2.24, 2.45) is 5.92 Å². The summed E-state index contributed by atoms with van der Waals surface area (Å²) in [6, 6.07) is 12.6. The van der Waals surface area contributed by atoms with Gasteiger partial charge in [0.25, 0.3) is 5.91 Å². The zero-order valence-corrected chi connectivity index (χ0v) is 31.3. The SMILES string of the molecule is CNC(=O)Cc1ccc(OP(=O)(O)O[C@@H]2[C@@H](CO)C[C@@H](n3cnc4c(NC(=O)c5ccccc5)ncnc43)[C@@H]2O[Si](C)(C)C(C)(C)C)c(Cl)c1. The number of carbonyl (C=O) groups excluding carboxylic acids is 2. The molecule has 1 unspecified atom stereocenters. The lowest BCUT2D eigenvalue weighted by atomic mass is 10.1. The smallest absolute Gasteiger partial charge is 0.409 e. The van der Waals surface area contributed by atoms with Crippen molar-refractivity contribution in [1.82, 2.24) is 24.8 Å². The van der Waals surface area contributed by atoms with E-state index < -0.39 is 40.3 Å². The lowest BCUT2D eigenvalue weighted by Gasteiger charge is -2.41. The molecule has 14 nitrogen and oxygen atoms in total. The van der Waals surface area contributed by atoms with Crippen LogP contribution in [0.25, 0.3) is 11.2 Å². The minimum absolute atomic E-state index is 0.0149. The van der Waals surface area contributed by atoms with Gasteiger partial charge in [-0.1, -0.05) is 56.6 Å². The Bertz CT molecular complexity index is 1910. The lowest BCUT2D eigenvalue weighted by Crippen LogP contribution is -2.48. The van der Waals surface area contributed by atoms with Crippen LogP contribution in [0.3, 0.4) is 0 Å². The lowest BCUT2D eigenvalue weighted by molar-refractivity contribution is -0.119. The summed E-state index contributed by atoms with van der Waals surface area (Å²) in [5.41, 5.74) is 1.75. The van der Waals surface area contributed by atoms with Gasteiger partial charge in [-0.25, -0.2) is 19.5 Å². The standard InChI is InChI=1S/C33H42ClN6O8PSi/c1-33(2,3)50(5,6)48-29-24(40-19-38-27-30(36-18-37-31(27)40)39-32(43)21-10-8-7-9-11-21)16-22(17-41)28(29)47-49(44,45)46-25-13-12-20(14-23(25)34)15-26(42)35-4/h7-14,18-19,22,24,28-29,41H,15-17H2,1-6H3,(H,35,42)(H,44,45)(H,36,37,39,43)/t22-,24-,28-,29+/m1/s1. The summed E-state index contributed by atoms with van der Waals surface area (Å²) in [6.45, 7) is 9.93. The number of imidazole rings is 1. The number of phosphoric ester groups is 1. The predicted octanol–water partition coefficient (Wildman–Crippen LogP) is 5.53. The zero-order valence-electron chi connectivity index (χ0n) is 28.7. The fourth-order valence-electron chi connectivity index (χ4n) is 5.58. The van der Waals surface area contributed by atoms with Gasteiger partial charge in [0.05, 0.1) is 29.9 Å². The van der Waals surface area contributed by atoms with Crippen molar-refractivity contribution in [2.45, 2.75) is 70.0 Å². The van der Waals surface area contributed by atoms with Crippen molar-refractivity contribution in [1.29, 1.82) is 0 Å². The van der Waals surface area contributed by atoms with E-state index in [1.807, 2.05) is 19.2 Å². The fraction of sp³-hybridized carbons (Fsp3) is 0.424. The Morgan fingerprint density at radius 1 is 1.10 bits per heavy atom. The number of fused-ring (bicyclic) bond motifs is 1. The van der Waals surface area contributed by atoms with Crippen molar-refractivity contribution in [3.63, 3.8) is 0 Å². The van der Waals surface area contributed by atoms with Gasteiger partial charge in [0.2, 0.25) is 5.91 Å². The van der Waals surface area contributed by atoms with Crippen LogP contribution in [0.1, 0.15) is 49.2 Å². The van der Waals surface area contributed by atoms with Crippen LogP contribution in [0.5, 0.6) is 5.75 Å². The minimum Gasteiger partial charge on any atom is -0.409 e. The Morgan fingerprint density at radius 3 is 2.46 bits per heavy atom. The van der Waals surface area contributed by atoms with Crippen LogP contribution in [-0.4, -0.2) is 75.5 Å². The molecule has 0 saturated heterocycles. The summed E-state index contributed by atoms with van der Waals surface area (Å²) >= 11 is 6.37. The van der Waals surface area contributed by atoms with Crippen LogP contribution in [0, 0.1) is 5.92 Å². The number of benzene rings is 2. The topological polar surface area (TPSA) is 187 Å². The summed E-state index contributed by atoms with van der Waals surface area (Å²) in [5.74, 6) is -1.15. The fourth-order valence-corrected chi connectivity index (χ4v) is 8.25. The van der Waals surface area contributed by atoms with Gasteiger partial charge in [0.1, 0.15) is 18.2 Å². The molecule has 2 aromatic carbocycles. The number of halogens is 1. The number of phosphoric acid groups is 1. The van der Waals surface area contributed by atoms with Crippen LogP contribution >= 0.6 is 19.4 Å². The molecular formula is C33H42ClN6O8PSi. The first-order chi connectivity index (χ1) is 23.5. The molecule has 268 valence electrons. The predicted molar refractivity (Wildman–Crippen MR) is 191 cm³/mol. The van der Waals surface area contributed by atoms with Crippen LogP contribution in [0.15, 0.2) is 61.2 Å². The van der Waals surface area contributed by atoms with E-state index in [2.05, 4.69) is 46.4 Å². The van der Waals surface area contributed by atoms with E-state index in [0.29, 0.717) is 22.3 Å². The quantitative estimate of drug-likeness (QED) is 0.106. The summed E-state index contributed by atoms with van der Waals surface area (Å²) < 4.78 is 33.7. The molecule has 0 aliphatic heterocycles. The molecule has 1 saturated carbocycles. The van der Waals surface area contributed by atoms with E-state index in [4.69, 9.17) is 25.1 Å². The highest BCUT2D eigenvalue weighted by Crippen LogP contribution is 2.53. The number of amides is 2. The molecular weight excluding hydrogens is 703 g/mol. The van der Waals surface area contributed by atoms with E-state index in [-0.39, 0.29) is 52.9 Å². The summed E-state index contributed by atoms with van der Waals surface area (Å²) in [5, 5.41) is 15.7. The second-order valence-electron chi connectivity index (χ2n) is 13.7. The molecule has 0 bridgehead atoms. The maximum atomic E-state index is 13.6. The van der Waals surface area contributed by atoms with Crippen molar-refractivity contribution < 1.29 is 37.6 Å². The molecule has 4 N–H and O–H groups in total. The number of anilines is 1. The average Bonchev–Trinajstić information content (AvgIpc) is 3.63. The highest BCUT2D eigenvalue weighted by atomic mass is 35.5. The molecule has 5 atom stereocenters. The van der Waals surface area contributed by atoms with Crippen molar-refractivity contribution in [3.8, 4) is 5.75 Å². The molecule has 1 aliphatic carbocycles. The number of aliphatic hydroxyl groups excluding tert-OH is 1. The number of nitrogens with zero attached hydrogens (tertiary/aromatic N) is 4. The highest BCUT2D eigenvalue weighted by Gasteiger charge is 2.53. The van der Waals surface area contributed by atoms with Gasteiger partial charge in [-0.15, -0.1) is 0 Å². The molecule has 2 aromatic heterocycles. The molecule has 2 amide bonds. The first-order valence-corrected chi connectivity index (χ1v) is 20.8. The molecule has 4 aromatic rings. The number of nitrogens with one attached hydrogen (secondary N) is 2. The molecule has 5 rings (SSSR count). The van der Waals surface area contributed by atoms with Crippen LogP contribution in [0.4, 0.5) is 5.82 Å². The number of hydrogen-bond acceptors (Lipinski definition) is 10. The molecule has 0 radical (unpaired) electrons. The Balaban J connectivity index is 1.47. The highest BCUT2D eigenvalue weighted by molar-refractivity contribution is 7.47. The van der Waals surface area contributed by atoms with E-state index in [1.54, 1.807) is 41.2 Å².